The zero-order valence-corrected chi connectivity index (χ0v) is 14.3. The van der Waals surface area contributed by atoms with Crippen LogP contribution in [-0.2, 0) is 6.42 Å². The lowest BCUT2D eigenvalue weighted by Crippen LogP contribution is -2.30. The van der Waals surface area contributed by atoms with Crippen molar-refractivity contribution in [3.8, 4) is 0 Å². The molecule has 1 heterocycles. The van der Waals surface area contributed by atoms with Crippen LogP contribution in [0.25, 0.3) is 0 Å². The predicted molar refractivity (Wildman–Crippen MR) is 92.6 cm³/mol. The van der Waals surface area contributed by atoms with E-state index in [1.54, 1.807) is 23.5 Å². The summed E-state index contributed by atoms with van der Waals surface area (Å²) in [5.41, 5.74) is 7.65. The molecular weight excluding hydrogens is 310 g/mol. The van der Waals surface area contributed by atoms with Gasteiger partial charge < -0.3 is 16.2 Å². The first-order valence-electron chi connectivity index (χ1n) is 7.68. The van der Waals surface area contributed by atoms with E-state index in [0.29, 0.717) is 12.1 Å². The molecule has 0 aliphatic heterocycles. The molecule has 124 valence electrons. The minimum atomic E-state index is -0.572. The summed E-state index contributed by atoms with van der Waals surface area (Å²) < 4.78 is 0. The van der Waals surface area contributed by atoms with Gasteiger partial charge in [0.1, 0.15) is 6.10 Å². The lowest BCUT2D eigenvalue weighted by atomic mass is 10.0. The van der Waals surface area contributed by atoms with E-state index in [1.807, 2.05) is 24.4 Å². The van der Waals surface area contributed by atoms with Crippen LogP contribution in [0.2, 0.25) is 0 Å². The average molecular weight is 333 g/mol. The van der Waals surface area contributed by atoms with Gasteiger partial charge in [0.15, 0.2) is 0 Å². The Kier molecular flexibility index (Phi) is 6.27. The van der Waals surface area contributed by atoms with Crippen molar-refractivity contribution in [2.45, 2.75) is 38.8 Å². The molecule has 0 aliphatic rings. The van der Waals surface area contributed by atoms with Crippen LogP contribution in [0.5, 0.6) is 0 Å². The third-order valence-electron chi connectivity index (χ3n) is 3.74. The van der Waals surface area contributed by atoms with Gasteiger partial charge in [0, 0.05) is 23.5 Å². The predicted octanol–water partition coefficient (Wildman–Crippen LogP) is 2.19. The summed E-state index contributed by atoms with van der Waals surface area (Å²) in [6, 6.07) is 7.65. The first-order valence-corrected chi connectivity index (χ1v) is 8.56. The van der Waals surface area contributed by atoms with Crippen LogP contribution < -0.4 is 11.1 Å². The molecule has 0 saturated heterocycles. The largest absolute Gasteiger partial charge is 0.385 e. The van der Waals surface area contributed by atoms with Crippen molar-refractivity contribution in [2.75, 3.05) is 6.54 Å². The molecule has 0 bridgehead atoms. The zero-order valence-electron chi connectivity index (χ0n) is 13.5. The molecule has 6 heteroatoms. The van der Waals surface area contributed by atoms with E-state index in [2.05, 4.69) is 17.2 Å². The molecule has 2 atom stereocenters. The Hall–Kier alpha value is -1.76. The van der Waals surface area contributed by atoms with Gasteiger partial charge in [-0.2, -0.15) is 0 Å². The summed E-state index contributed by atoms with van der Waals surface area (Å²) in [6.45, 7) is 4.52. The third kappa shape index (κ3) is 5.42. The summed E-state index contributed by atoms with van der Waals surface area (Å²) >= 11 is 1.55. The monoisotopic (exact) mass is 333 g/mol. The first-order chi connectivity index (χ1) is 11.0. The van der Waals surface area contributed by atoms with Crippen LogP contribution in [0.3, 0.4) is 0 Å². The Labute approximate surface area is 140 Å². The van der Waals surface area contributed by atoms with Gasteiger partial charge >= 0.3 is 0 Å². The molecule has 0 radical (unpaired) electrons. The van der Waals surface area contributed by atoms with Gasteiger partial charge in [0.05, 0.1) is 10.7 Å². The Morgan fingerprint density at radius 2 is 2.09 bits per heavy atom. The van der Waals surface area contributed by atoms with Crippen LogP contribution in [0.1, 0.15) is 46.1 Å². The number of nitrogens with zero attached hydrogens (tertiary/aromatic N) is 1. The molecule has 2 unspecified atom stereocenters. The number of aromatic nitrogens is 1. The smallest absolute Gasteiger partial charge is 0.248 e. The standard InChI is InChI=1S/C17H23N3O2S/c1-11(19-9-16(21)15-10-23-12(2)20-15)3-4-13-5-7-14(8-6-13)17(18)22/h5-8,10-11,16,19,21H,3-4,9H2,1-2H3,(H2,18,22). The topological polar surface area (TPSA) is 88.2 Å². The summed E-state index contributed by atoms with van der Waals surface area (Å²) in [4.78, 5) is 15.3. The van der Waals surface area contributed by atoms with Gasteiger partial charge in [-0.1, -0.05) is 12.1 Å². The number of thiazole rings is 1. The van der Waals surface area contributed by atoms with Gasteiger partial charge in [-0.05, 0) is 44.4 Å². The summed E-state index contributed by atoms with van der Waals surface area (Å²) in [5.74, 6) is -0.405. The maximum atomic E-state index is 11.0. The molecule has 0 fully saturated rings. The normalized spacial score (nSPS) is 13.7. The number of amides is 1. The second-order valence-corrected chi connectivity index (χ2v) is 6.78. The van der Waals surface area contributed by atoms with Crippen LogP contribution >= 0.6 is 11.3 Å². The molecule has 5 nitrogen and oxygen atoms in total. The van der Waals surface area contributed by atoms with Crippen molar-refractivity contribution in [2.24, 2.45) is 5.73 Å². The summed E-state index contributed by atoms with van der Waals surface area (Å²) in [6.07, 6.45) is 1.27. The number of nitrogens with two attached hydrogens (primary N) is 1. The lowest BCUT2D eigenvalue weighted by Gasteiger charge is -2.16. The van der Waals surface area contributed by atoms with Crippen LogP contribution in [-0.4, -0.2) is 28.6 Å². The fourth-order valence-electron chi connectivity index (χ4n) is 2.27. The highest BCUT2D eigenvalue weighted by Gasteiger charge is 2.12. The van der Waals surface area contributed by atoms with Crippen molar-refractivity contribution >= 4 is 17.2 Å². The number of aryl methyl sites for hydroxylation is 2. The number of rotatable bonds is 8. The number of hydrogen-bond donors (Lipinski definition) is 3. The van der Waals surface area contributed by atoms with Crippen molar-refractivity contribution < 1.29 is 9.90 Å². The number of aliphatic hydroxyl groups excluding tert-OH is 1. The maximum Gasteiger partial charge on any atom is 0.248 e. The van der Waals surface area contributed by atoms with E-state index in [-0.39, 0.29) is 6.04 Å². The van der Waals surface area contributed by atoms with Crippen LogP contribution in [0, 0.1) is 6.92 Å². The van der Waals surface area contributed by atoms with Gasteiger partial charge in [0.2, 0.25) is 5.91 Å². The zero-order chi connectivity index (χ0) is 16.8. The molecule has 1 amide bonds. The Bertz CT molecular complexity index is 640. The number of hydrogen-bond acceptors (Lipinski definition) is 5. The van der Waals surface area contributed by atoms with Gasteiger partial charge in [-0.25, -0.2) is 4.98 Å². The molecule has 0 saturated carbocycles. The van der Waals surface area contributed by atoms with E-state index in [0.717, 1.165) is 23.5 Å². The van der Waals surface area contributed by atoms with E-state index in [4.69, 9.17) is 5.73 Å². The number of aliphatic hydroxyl groups is 1. The van der Waals surface area contributed by atoms with E-state index >= 15 is 0 Å². The highest BCUT2D eigenvalue weighted by molar-refractivity contribution is 7.09. The fraction of sp³-hybridized carbons (Fsp3) is 0.412. The number of carbonyl (C=O) groups excluding carboxylic acids is 1. The molecule has 4 N–H and O–H groups in total. The second-order valence-electron chi connectivity index (χ2n) is 5.72. The number of primary amides is 1. The molecule has 2 aromatic rings. The maximum absolute atomic E-state index is 11.0. The molecule has 0 spiro atoms. The van der Waals surface area contributed by atoms with Gasteiger partial charge in [0.25, 0.3) is 0 Å². The lowest BCUT2D eigenvalue weighted by molar-refractivity contribution is 0.100. The van der Waals surface area contributed by atoms with Crippen molar-refractivity contribution in [3.05, 3.63) is 51.5 Å². The highest BCUT2D eigenvalue weighted by Crippen LogP contribution is 2.15. The van der Waals surface area contributed by atoms with E-state index in [1.165, 1.54) is 5.56 Å². The van der Waals surface area contributed by atoms with Crippen molar-refractivity contribution in [3.63, 3.8) is 0 Å². The van der Waals surface area contributed by atoms with Gasteiger partial charge in [-0.15, -0.1) is 11.3 Å². The SMILES string of the molecule is Cc1nc(C(O)CNC(C)CCc2ccc(C(N)=O)cc2)cs1. The minimum absolute atomic E-state index is 0.278. The highest BCUT2D eigenvalue weighted by atomic mass is 32.1. The molecule has 0 aliphatic carbocycles. The molecule has 1 aromatic carbocycles. The Balaban J connectivity index is 1.74. The molecule has 23 heavy (non-hydrogen) atoms. The number of carbonyl (C=O) groups is 1. The fourth-order valence-corrected chi connectivity index (χ4v) is 2.93. The Morgan fingerprint density at radius 1 is 1.39 bits per heavy atom. The van der Waals surface area contributed by atoms with E-state index < -0.39 is 12.0 Å². The molecule has 1 aromatic heterocycles. The van der Waals surface area contributed by atoms with Crippen LogP contribution in [0.4, 0.5) is 0 Å². The Morgan fingerprint density at radius 3 is 2.65 bits per heavy atom. The van der Waals surface area contributed by atoms with E-state index in [9.17, 15) is 9.90 Å². The van der Waals surface area contributed by atoms with Gasteiger partial charge in [-0.3, -0.25) is 4.79 Å². The minimum Gasteiger partial charge on any atom is -0.385 e. The number of benzene rings is 1. The molecule has 2 rings (SSSR count). The quantitative estimate of drug-likeness (QED) is 0.691. The third-order valence-corrected chi connectivity index (χ3v) is 4.53. The first kappa shape index (κ1) is 17.6. The van der Waals surface area contributed by atoms with Crippen molar-refractivity contribution in [1.82, 2.24) is 10.3 Å². The second kappa shape index (κ2) is 8.19. The molecular formula is C17H23N3O2S. The average Bonchev–Trinajstić information content (AvgIpc) is 2.97. The summed E-state index contributed by atoms with van der Waals surface area (Å²) in [7, 11) is 0. The summed E-state index contributed by atoms with van der Waals surface area (Å²) in [5, 5.41) is 16.3. The number of nitrogens with one attached hydrogen (secondary N) is 1. The van der Waals surface area contributed by atoms with Crippen molar-refractivity contribution in [1.29, 1.82) is 0 Å². The van der Waals surface area contributed by atoms with Crippen LogP contribution in [0.15, 0.2) is 29.6 Å².